The van der Waals surface area contributed by atoms with Crippen molar-refractivity contribution in [3.63, 3.8) is 0 Å². The Morgan fingerprint density at radius 2 is 1.90 bits per heavy atom. The van der Waals surface area contributed by atoms with Crippen molar-refractivity contribution in [1.29, 1.82) is 5.41 Å². The number of amides is 3. The Morgan fingerprint density at radius 1 is 1.21 bits per heavy atom. The van der Waals surface area contributed by atoms with Crippen LogP contribution in [-0.4, -0.2) is 46.3 Å². The minimum Gasteiger partial charge on any atom is -0.451 e. The number of likely N-dealkylation sites (tertiary alicyclic amines) is 1. The molecule has 2 aromatic carbocycles. The molecule has 1 aliphatic rings. The van der Waals surface area contributed by atoms with Crippen LogP contribution in [0.5, 0.6) is 5.75 Å². The van der Waals surface area contributed by atoms with Gasteiger partial charge in [0.05, 0.1) is 12.1 Å². The molecule has 0 aliphatic carbocycles. The minimum absolute atomic E-state index is 0.0248. The third-order valence-corrected chi connectivity index (χ3v) is 6.42. The average molecular weight is 545 g/mol. The number of alkyl halides is 2. The van der Waals surface area contributed by atoms with E-state index in [1.165, 1.54) is 50.2 Å². The van der Waals surface area contributed by atoms with Gasteiger partial charge in [0.15, 0.2) is 5.76 Å². The van der Waals surface area contributed by atoms with E-state index in [1.54, 1.807) is 13.0 Å². The van der Waals surface area contributed by atoms with Crippen LogP contribution < -0.4 is 15.8 Å². The highest BCUT2D eigenvalue weighted by atomic mass is 19.3. The molecule has 1 heterocycles. The summed E-state index contributed by atoms with van der Waals surface area (Å²) in [5.74, 6) is -5.98. The molecule has 0 spiro atoms. The number of nitrogens with one attached hydrogen (secondary N) is 2. The molecule has 39 heavy (non-hydrogen) atoms. The summed E-state index contributed by atoms with van der Waals surface area (Å²) in [5, 5.41) is 10.1. The van der Waals surface area contributed by atoms with E-state index >= 15 is 0 Å². The number of primary amides is 1. The van der Waals surface area contributed by atoms with Crippen LogP contribution in [0.25, 0.3) is 0 Å². The summed E-state index contributed by atoms with van der Waals surface area (Å²) >= 11 is 0. The smallest absolute Gasteiger partial charge is 0.284 e. The van der Waals surface area contributed by atoms with E-state index in [1.807, 2.05) is 0 Å². The van der Waals surface area contributed by atoms with Gasteiger partial charge in [-0.25, -0.2) is 13.2 Å². The number of halogens is 3. The quantitative estimate of drug-likeness (QED) is 0.245. The van der Waals surface area contributed by atoms with Crippen molar-refractivity contribution in [2.45, 2.75) is 64.6 Å². The molecule has 1 fully saturated rings. The van der Waals surface area contributed by atoms with E-state index in [4.69, 9.17) is 15.9 Å². The summed E-state index contributed by atoms with van der Waals surface area (Å²) in [4.78, 5) is 39.0. The molecule has 0 unspecified atom stereocenters. The largest absolute Gasteiger partial charge is 0.451 e. The summed E-state index contributed by atoms with van der Waals surface area (Å²) in [6.07, 6.45) is 1.42. The summed E-state index contributed by atoms with van der Waals surface area (Å²) in [7, 11) is 0. The lowest BCUT2D eigenvalue weighted by Gasteiger charge is -2.35. The molecule has 208 valence electrons. The van der Waals surface area contributed by atoms with Crippen LogP contribution in [0.1, 0.15) is 61.1 Å². The molecule has 1 saturated heterocycles. The normalized spacial score (nSPS) is 18.4. The van der Waals surface area contributed by atoms with E-state index in [0.29, 0.717) is 11.1 Å². The molecule has 3 rings (SSSR count). The molecule has 0 aromatic heterocycles. The molecule has 2 aromatic rings. The first-order chi connectivity index (χ1) is 18.2. The molecule has 0 bridgehead atoms. The fourth-order valence-electron chi connectivity index (χ4n) is 4.59. The number of allylic oxidation sites excluding steroid dienone is 1. The highest BCUT2D eigenvalue weighted by molar-refractivity contribution is 6.00. The number of benzene rings is 2. The van der Waals surface area contributed by atoms with Gasteiger partial charge in [0.1, 0.15) is 17.6 Å². The maximum absolute atomic E-state index is 14.5. The topological polar surface area (TPSA) is 126 Å². The number of hydrogen-bond acceptors (Lipinski definition) is 5. The molecular formula is C28H31F3N4O4. The van der Waals surface area contributed by atoms with Gasteiger partial charge in [0.25, 0.3) is 17.7 Å². The summed E-state index contributed by atoms with van der Waals surface area (Å²) in [6.45, 7) is 5.21. The van der Waals surface area contributed by atoms with Gasteiger partial charge in [0, 0.05) is 24.3 Å². The highest BCUT2D eigenvalue weighted by Crippen LogP contribution is 2.42. The second-order valence-corrected chi connectivity index (χ2v) is 9.70. The molecule has 0 saturated carbocycles. The van der Waals surface area contributed by atoms with Crippen LogP contribution in [0.2, 0.25) is 0 Å². The first-order valence-electron chi connectivity index (χ1n) is 12.3. The van der Waals surface area contributed by atoms with Crippen LogP contribution in [0.3, 0.4) is 0 Å². The fourth-order valence-corrected chi connectivity index (χ4v) is 4.59. The second-order valence-electron chi connectivity index (χ2n) is 9.70. The van der Waals surface area contributed by atoms with Crippen LogP contribution in [-0.2, 0) is 9.59 Å². The number of nitrogens with zero attached hydrogens (tertiary/aromatic N) is 1. The van der Waals surface area contributed by atoms with Crippen LogP contribution in [0, 0.1) is 18.2 Å². The Hall–Kier alpha value is -4.15. The minimum atomic E-state index is -3.21. The predicted molar refractivity (Wildman–Crippen MR) is 139 cm³/mol. The van der Waals surface area contributed by atoms with Crippen molar-refractivity contribution in [2.75, 3.05) is 0 Å². The standard InChI is InChI=1S/C28H31F3N4O4/c1-15-12-19(8-10-22(15)39-23(25(33)36)13-16(2)32)26(37)34-17(3)27(38)35-21(9-11-24(35)28(4,30)31)18-6-5-7-20(29)14-18/h5-8,10,12-14,17,21,24,32H,9,11H2,1-4H3,(H2,33,36)(H,34,37)/b23-13+,32-16?/t17-,21+,24-/m1/s1. The lowest BCUT2D eigenvalue weighted by Crippen LogP contribution is -2.53. The van der Waals surface area contributed by atoms with E-state index < -0.39 is 47.6 Å². The van der Waals surface area contributed by atoms with Crippen LogP contribution in [0.15, 0.2) is 54.3 Å². The number of aryl methyl sites for hydroxylation is 1. The van der Waals surface area contributed by atoms with Gasteiger partial charge >= 0.3 is 0 Å². The Balaban J connectivity index is 1.80. The number of ether oxygens (including phenoxy) is 1. The van der Waals surface area contributed by atoms with Crippen molar-refractivity contribution >= 4 is 23.4 Å². The van der Waals surface area contributed by atoms with Crippen LogP contribution >= 0.6 is 0 Å². The van der Waals surface area contributed by atoms with Gasteiger partial charge < -0.3 is 26.1 Å². The molecule has 8 nitrogen and oxygen atoms in total. The highest BCUT2D eigenvalue weighted by Gasteiger charge is 2.49. The number of carbonyl (C=O) groups is 3. The van der Waals surface area contributed by atoms with Gasteiger partial charge in [-0.2, -0.15) is 0 Å². The van der Waals surface area contributed by atoms with E-state index in [2.05, 4.69) is 5.32 Å². The molecular weight excluding hydrogens is 513 g/mol. The SMILES string of the molecule is CC(=N)/C=C(/Oc1ccc(C(=O)N[C@H](C)C(=O)N2[C@H](c3cccc(F)c3)CC[C@@H]2C(C)(F)F)cc1C)C(N)=O. The third kappa shape index (κ3) is 7.04. The number of carbonyl (C=O) groups excluding carboxylic acids is 3. The lowest BCUT2D eigenvalue weighted by atomic mass is 10.0. The lowest BCUT2D eigenvalue weighted by molar-refractivity contribution is -0.144. The Kier molecular flexibility index (Phi) is 8.83. The first kappa shape index (κ1) is 29.4. The van der Waals surface area contributed by atoms with Crippen molar-refractivity contribution in [1.82, 2.24) is 10.2 Å². The zero-order chi connectivity index (χ0) is 29.1. The van der Waals surface area contributed by atoms with Gasteiger partial charge in [-0.05, 0) is 75.1 Å². The van der Waals surface area contributed by atoms with Crippen LogP contribution in [0.4, 0.5) is 13.2 Å². The summed E-state index contributed by atoms with van der Waals surface area (Å²) in [5.41, 5.74) is 6.38. The third-order valence-electron chi connectivity index (χ3n) is 6.42. The van der Waals surface area contributed by atoms with E-state index in [9.17, 15) is 27.6 Å². The zero-order valence-corrected chi connectivity index (χ0v) is 22.1. The molecule has 1 aliphatic heterocycles. The van der Waals surface area contributed by atoms with Crippen molar-refractivity contribution in [3.8, 4) is 5.75 Å². The maximum Gasteiger partial charge on any atom is 0.284 e. The molecule has 11 heteroatoms. The number of hydrogen-bond donors (Lipinski definition) is 3. The second kappa shape index (κ2) is 11.7. The summed E-state index contributed by atoms with van der Waals surface area (Å²) in [6, 6.07) is 6.46. The Bertz CT molecular complexity index is 1320. The number of nitrogens with two attached hydrogens (primary N) is 1. The monoisotopic (exact) mass is 544 g/mol. The van der Waals surface area contributed by atoms with Crippen molar-refractivity contribution in [2.24, 2.45) is 5.73 Å². The average Bonchev–Trinajstić information content (AvgIpc) is 3.29. The van der Waals surface area contributed by atoms with Gasteiger partial charge in [-0.15, -0.1) is 0 Å². The Morgan fingerprint density at radius 3 is 2.46 bits per heavy atom. The molecule has 3 amide bonds. The molecule has 4 N–H and O–H groups in total. The first-order valence-corrected chi connectivity index (χ1v) is 12.3. The van der Waals surface area contributed by atoms with Gasteiger partial charge in [-0.1, -0.05) is 12.1 Å². The van der Waals surface area contributed by atoms with Gasteiger partial charge in [-0.3, -0.25) is 14.4 Å². The van der Waals surface area contributed by atoms with Crippen molar-refractivity contribution in [3.05, 3.63) is 76.8 Å². The fraction of sp³-hybridized carbons (Fsp3) is 0.357. The van der Waals surface area contributed by atoms with E-state index in [0.717, 1.165) is 17.9 Å². The summed E-state index contributed by atoms with van der Waals surface area (Å²) < 4.78 is 48.3. The number of rotatable bonds is 9. The van der Waals surface area contributed by atoms with E-state index in [-0.39, 0.29) is 35.6 Å². The maximum atomic E-state index is 14.5. The van der Waals surface area contributed by atoms with Gasteiger partial charge in [0.2, 0.25) is 5.91 Å². The molecule has 3 atom stereocenters. The Labute approximate surface area is 224 Å². The van der Waals surface area contributed by atoms with Crippen molar-refractivity contribution < 1.29 is 32.3 Å². The zero-order valence-electron chi connectivity index (χ0n) is 22.1. The molecule has 0 radical (unpaired) electrons. The predicted octanol–water partition coefficient (Wildman–Crippen LogP) is 4.43.